The Bertz CT molecular complexity index is 427. The minimum absolute atomic E-state index is 0.327. The van der Waals surface area contributed by atoms with Crippen LogP contribution in [-0.4, -0.2) is 29.3 Å². The highest BCUT2D eigenvalue weighted by atomic mass is 79.9. The summed E-state index contributed by atoms with van der Waals surface area (Å²) in [6, 6.07) is 6.54. The fourth-order valence-electron chi connectivity index (χ4n) is 0.974. The molecule has 0 atom stereocenters. The zero-order valence-corrected chi connectivity index (χ0v) is 9.65. The number of Topliss-reactive ketones (excluding diaryl/α,β-unsaturated/α-hetero) is 1. The molecule has 0 bridgehead atoms. The van der Waals surface area contributed by atoms with E-state index in [9.17, 15) is 14.4 Å². The number of benzene rings is 1. The molecule has 0 aliphatic carbocycles. The summed E-state index contributed by atoms with van der Waals surface area (Å²) >= 11 is 3.22. The van der Waals surface area contributed by atoms with Crippen molar-refractivity contribution in [3.05, 3.63) is 34.3 Å². The van der Waals surface area contributed by atoms with Crippen LogP contribution in [0.4, 0.5) is 0 Å². The van der Waals surface area contributed by atoms with Gasteiger partial charge in [-0.1, -0.05) is 28.1 Å². The van der Waals surface area contributed by atoms with Gasteiger partial charge < -0.3 is 10.4 Å². The van der Waals surface area contributed by atoms with Gasteiger partial charge in [0.2, 0.25) is 0 Å². The first-order valence-electron chi connectivity index (χ1n) is 4.30. The molecule has 2 N–H and O–H groups in total. The molecule has 0 aromatic heterocycles. The van der Waals surface area contributed by atoms with Gasteiger partial charge in [0.25, 0.3) is 0 Å². The second-order valence-corrected chi connectivity index (χ2v) is 3.83. The number of nitrogens with one attached hydrogen (secondary N) is 1. The second-order valence-electron chi connectivity index (χ2n) is 2.92. The number of hydrogen-bond donors (Lipinski definition) is 2. The first kappa shape index (κ1) is 12.4. The van der Waals surface area contributed by atoms with Crippen LogP contribution in [0, 0.1) is 0 Å². The van der Waals surface area contributed by atoms with Crippen LogP contribution in [0.5, 0.6) is 0 Å². The SMILES string of the molecule is O=C(O)C(=O)NCC(=O)c1ccc(Br)cc1. The largest absolute Gasteiger partial charge is 0.474 e. The molecule has 0 saturated heterocycles. The van der Waals surface area contributed by atoms with Crippen molar-refractivity contribution in [1.82, 2.24) is 5.32 Å². The van der Waals surface area contributed by atoms with E-state index in [1.54, 1.807) is 24.3 Å². The van der Waals surface area contributed by atoms with Crippen molar-refractivity contribution in [2.45, 2.75) is 0 Å². The third-order valence-corrected chi connectivity index (χ3v) is 2.30. The molecule has 0 radical (unpaired) electrons. The van der Waals surface area contributed by atoms with E-state index in [0.717, 1.165) is 4.47 Å². The number of halogens is 1. The van der Waals surface area contributed by atoms with Crippen LogP contribution < -0.4 is 5.32 Å². The molecular weight excluding hydrogens is 278 g/mol. The fraction of sp³-hybridized carbons (Fsp3) is 0.100. The summed E-state index contributed by atoms with van der Waals surface area (Å²) in [4.78, 5) is 32.3. The normalized spacial score (nSPS) is 9.56. The average Bonchev–Trinajstić information content (AvgIpc) is 2.26. The molecule has 1 aromatic carbocycles. The summed E-state index contributed by atoms with van der Waals surface area (Å²) in [5.74, 6) is -3.14. The zero-order chi connectivity index (χ0) is 12.1. The van der Waals surface area contributed by atoms with Crippen molar-refractivity contribution in [2.75, 3.05) is 6.54 Å². The van der Waals surface area contributed by atoms with Crippen molar-refractivity contribution in [3.8, 4) is 0 Å². The highest BCUT2D eigenvalue weighted by Crippen LogP contribution is 2.10. The van der Waals surface area contributed by atoms with Gasteiger partial charge in [-0.3, -0.25) is 9.59 Å². The highest BCUT2D eigenvalue weighted by molar-refractivity contribution is 9.10. The van der Waals surface area contributed by atoms with Crippen molar-refractivity contribution < 1.29 is 19.5 Å². The number of carboxylic acids is 1. The molecule has 1 rings (SSSR count). The molecule has 0 heterocycles. The van der Waals surface area contributed by atoms with Gasteiger partial charge >= 0.3 is 11.9 Å². The maximum absolute atomic E-state index is 11.5. The Hall–Kier alpha value is -1.69. The average molecular weight is 286 g/mol. The number of carbonyl (C=O) groups excluding carboxylic acids is 2. The number of hydrogen-bond acceptors (Lipinski definition) is 3. The van der Waals surface area contributed by atoms with Crippen molar-refractivity contribution >= 4 is 33.6 Å². The van der Waals surface area contributed by atoms with Crippen LogP contribution in [0.3, 0.4) is 0 Å². The Balaban J connectivity index is 2.56. The molecule has 0 saturated carbocycles. The van der Waals surface area contributed by atoms with Gasteiger partial charge in [-0.25, -0.2) is 4.79 Å². The molecule has 6 heteroatoms. The van der Waals surface area contributed by atoms with Crippen molar-refractivity contribution in [2.24, 2.45) is 0 Å². The predicted octanol–water partition coefficient (Wildman–Crippen LogP) is 0.833. The lowest BCUT2D eigenvalue weighted by Crippen LogP contribution is -2.34. The van der Waals surface area contributed by atoms with Gasteiger partial charge in [0.15, 0.2) is 5.78 Å². The lowest BCUT2D eigenvalue weighted by Gasteiger charge is -2.01. The maximum Gasteiger partial charge on any atom is 0.394 e. The molecule has 0 fully saturated rings. The van der Waals surface area contributed by atoms with E-state index in [0.29, 0.717) is 5.56 Å². The molecule has 0 spiro atoms. The second kappa shape index (κ2) is 5.41. The topological polar surface area (TPSA) is 83.5 Å². The molecule has 16 heavy (non-hydrogen) atoms. The third kappa shape index (κ3) is 3.47. The van der Waals surface area contributed by atoms with E-state index in [1.807, 2.05) is 5.32 Å². The Kier molecular flexibility index (Phi) is 4.19. The number of aliphatic carboxylic acids is 1. The van der Waals surface area contributed by atoms with Crippen LogP contribution >= 0.6 is 15.9 Å². The quantitative estimate of drug-likeness (QED) is 0.637. The highest BCUT2D eigenvalue weighted by Gasteiger charge is 2.13. The minimum atomic E-state index is -1.61. The fourth-order valence-corrected chi connectivity index (χ4v) is 1.24. The molecular formula is C10H8BrNO4. The van der Waals surface area contributed by atoms with E-state index in [4.69, 9.17) is 5.11 Å². The zero-order valence-electron chi connectivity index (χ0n) is 8.07. The summed E-state index contributed by atoms with van der Waals surface area (Å²) in [6.07, 6.45) is 0. The summed E-state index contributed by atoms with van der Waals surface area (Å²) in [7, 11) is 0. The van der Waals surface area contributed by atoms with Gasteiger partial charge in [-0.15, -0.1) is 0 Å². The van der Waals surface area contributed by atoms with Crippen LogP contribution in [0.1, 0.15) is 10.4 Å². The summed E-state index contributed by atoms with van der Waals surface area (Å²) in [5.41, 5.74) is 0.411. The third-order valence-electron chi connectivity index (χ3n) is 1.77. The van der Waals surface area contributed by atoms with Gasteiger partial charge in [0.05, 0.1) is 6.54 Å². The van der Waals surface area contributed by atoms with Crippen LogP contribution in [0.2, 0.25) is 0 Å². The molecule has 0 aliphatic heterocycles. The van der Waals surface area contributed by atoms with E-state index in [1.165, 1.54) is 0 Å². The van der Waals surface area contributed by atoms with Gasteiger partial charge in [0.1, 0.15) is 0 Å². The Morgan fingerprint density at radius 3 is 2.25 bits per heavy atom. The molecule has 0 unspecified atom stereocenters. The first-order valence-corrected chi connectivity index (χ1v) is 5.10. The lowest BCUT2D eigenvalue weighted by molar-refractivity contribution is -0.150. The Morgan fingerprint density at radius 2 is 1.75 bits per heavy atom. The number of amides is 1. The smallest absolute Gasteiger partial charge is 0.394 e. The Morgan fingerprint density at radius 1 is 1.19 bits per heavy atom. The van der Waals surface area contributed by atoms with Crippen LogP contribution in [0.25, 0.3) is 0 Å². The summed E-state index contributed by atoms with van der Waals surface area (Å²) in [5, 5.41) is 10.3. The van der Waals surface area contributed by atoms with Gasteiger partial charge in [-0.05, 0) is 12.1 Å². The molecule has 5 nitrogen and oxygen atoms in total. The van der Waals surface area contributed by atoms with E-state index in [2.05, 4.69) is 15.9 Å². The summed E-state index contributed by atoms with van der Waals surface area (Å²) < 4.78 is 0.832. The van der Waals surface area contributed by atoms with Crippen LogP contribution in [0.15, 0.2) is 28.7 Å². The molecule has 0 aliphatic rings. The number of ketones is 1. The number of carboxylic acid groups (broad SMARTS) is 1. The van der Waals surface area contributed by atoms with Crippen LogP contribution in [-0.2, 0) is 9.59 Å². The van der Waals surface area contributed by atoms with Crippen molar-refractivity contribution in [1.29, 1.82) is 0 Å². The van der Waals surface area contributed by atoms with Crippen molar-refractivity contribution in [3.63, 3.8) is 0 Å². The lowest BCUT2D eigenvalue weighted by atomic mass is 10.1. The van der Waals surface area contributed by atoms with Gasteiger partial charge in [-0.2, -0.15) is 0 Å². The maximum atomic E-state index is 11.5. The predicted molar refractivity (Wildman–Crippen MR) is 59.1 cm³/mol. The first-order chi connectivity index (χ1) is 7.50. The van der Waals surface area contributed by atoms with E-state index >= 15 is 0 Å². The molecule has 1 amide bonds. The Labute approximate surface area is 99.6 Å². The molecule has 84 valence electrons. The van der Waals surface area contributed by atoms with Gasteiger partial charge in [0, 0.05) is 10.0 Å². The summed E-state index contributed by atoms with van der Waals surface area (Å²) in [6.45, 7) is -0.327. The van der Waals surface area contributed by atoms with E-state index < -0.39 is 11.9 Å². The van der Waals surface area contributed by atoms with E-state index in [-0.39, 0.29) is 12.3 Å². The minimum Gasteiger partial charge on any atom is -0.474 e. The number of carbonyl (C=O) groups is 3. The monoisotopic (exact) mass is 285 g/mol. The standard InChI is InChI=1S/C10H8BrNO4/c11-7-3-1-6(2-4-7)8(13)5-12-9(14)10(15)16/h1-4H,5H2,(H,12,14)(H,15,16). The number of rotatable bonds is 3. The molecule has 1 aromatic rings.